The molecule has 1 aromatic heterocycles. The summed E-state index contributed by atoms with van der Waals surface area (Å²) in [7, 11) is 1.45. The Kier molecular flexibility index (Phi) is 3.86. The molecule has 0 fully saturated rings. The third-order valence-electron chi connectivity index (χ3n) is 3.81. The van der Waals surface area contributed by atoms with Gasteiger partial charge in [0.2, 0.25) is 0 Å². The number of ether oxygens (including phenoxy) is 1. The molecule has 3 aromatic rings. The largest absolute Gasteiger partial charge is 0.491 e. The number of fused-ring (bicyclic) bond motifs is 1. The number of hydrogen-bond acceptors (Lipinski definition) is 3. The van der Waals surface area contributed by atoms with Crippen molar-refractivity contribution in [2.24, 2.45) is 0 Å². The van der Waals surface area contributed by atoms with Crippen LogP contribution in [0.2, 0.25) is 0 Å². The molecule has 0 saturated carbocycles. The van der Waals surface area contributed by atoms with E-state index >= 15 is 0 Å². The summed E-state index contributed by atoms with van der Waals surface area (Å²) in [5, 5.41) is 5.44. The van der Waals surface area contributed by atoms with Gasteiger partial charge in [-0.15, -0.1) is 0 Å². The highest BCUT2D eigenvalue weighted by Gasteiger charge is 2.17. The number of methoxy groups -OCH3 is 1. The van der Waals surface area contributed by atoms with Crippen LogP contribution in [0.3, 0.4) is 0 Å². The van der Waals surface area contributed by atoms with E-state index in [1.54, 1.807) is 24.4 Å². The quantitative estimate of drug-likeness (QED) is 0.739. The van der Waals surface area contributed by atoms with Crippen molar-refractivity contribution in [1.82, 2.24) is 9.78 Å². The molecule has 0 atom stereocenters. The summed E-state index contributed by atoms with van der Waals surface area (Å²) in [5.74, 6) is -0.0859. The smallest absolute Gasteiger partial charge is 0.309 e. The van der Waals surface area contributed by atoms with E-state index < -0.39 is 0 Å². The van der Waals surface area contributed by atoms with Gasteiger partial charge in [0.05, 0.1) is 24.9 Å². The molecular weight excluding hydrogens is 295 g/mol. The fraction of sp³-hybridized carbons (Fsp3) is 0.222. The molecule has 23 heavy (non-hydrogen) atoms. The predicted molar refractivity (Wildman–Crippen MR) is 88.3 cm³/mol. The van der Waals surface area contributed by atoms with Crippen molar-refractivity contribution >= 4 is 10.8 Å². The highest BCUT2D eigenvalue weighted by molar-refractivity contribution is 5.98. The van der Waals surface area contributed by atoms with Gasteiger partial charge in [-0.05, 0) is 30.9 Å². The second-order valence-corrected chi connectivity index (χ2v) is 5.58. The number of halogens is 1. The predicted octanol–water partition coefficient (Wildman–Crippen LogP) is 3.79. The lowest BCUT2D eigenvalue weighted by molar-refractivity contribution is 0.391. The number of benzene rings is 2. The minimum absolute atomic E-state index is 0.0737. The van der Waals surface area contributed by atoms with E-state index in [1.165, 1.54) is 17.9 Å². The van der Waals surface area contributed by atoms with Gasteiger partial charge < -0.3 is 4.74 Å². The summed E-state index contributed by atoms with van der Waals surface area (Å²) in [6.45, 7) is 3.75. The standard InChI is InChI=1S/C18H17FN2O2/c1-11(2)21-18(22)17(23-3)15(10-20-21)13-6-4-8-14-12(13)7-5-9-16(14)19/h4-11H,1-3H3. The Hall–Kier alpha value is -2.69. The number of rotatable bonds is 3. The van der Waals surface area contributed by atoms with Crippen molar-refractivity contribution in [3.8, 4) is 16.9 Å². The van der Waals surface area contributed by atoms with E-state index in [1.807, 2.05) is 26.0 Å². The first-order valence-electron chi connectivity index (χ1n) is 7.38. The second kappa shape index (κ2) is 5.83. The molecule has 4 nitrogen and oxygen atoms in total. The SMILES string of the molecule is COc1c(-c2cccc3c(F)cccc23)cnn(C(C)C)c1=O. The number of hydrogen-bond donors (Lipinski definition) is 0. The van der Waals surface area contributed by atoms with Crippen molar-refractivity contribution in [1.29, 1.82) is 0 Å². The molecular formula is C18H17FN2O2. The van der Waals surface area contributed by atoms with E-state index in [0.717, 1.165) is 5.56 Å². The van der Waals surface area contributed by atoms with Crippen molar-refractivity contribution in [2.75, 3.05) is 7.11 Å². The van der Waals surface area contributed by atoms with Gasteiger partial charge in [-0.25, -0.2) is 9.07 Å². The molecule has 0 saturated heterocycles. The topological polar surface area (TPSA) is 44.1 Å². The molecule has 0 aliphatic heterocycles. The molecule has 0 aliphatic rings. The van der Waals surface area contributed by atoms with Crippen molar-refractivity contribution in [2.45, 2.75) is 19.9 Å². The lowest BCUT2D eigenvalue weighted by Gasteiger charge is -2.14. The number of aromatic nitrogens is 2. The van der Waals surface area contributed by atoms with E-state index in [9.17, 15) is 9.18 Å². The van der Waals surface area contributed by atoms with Gasteiger partial charge in [-0.2, -0.15) is 5.10 Å². The van der Waals surface area contributed by atoms with E-state index in [2.05, 4.69) is 5.10 Å². The third-order valence-corrected chi connectivity index (χ3v) is 3.81. The van der Waals surface area contributed by atoms with Crippen LogP contribution < -0.4 is 10.3 Å². The van der Waals surface area contributed by atoms with Crippen molar-refractivity contribution in [3.63, 3.8) is 0 Å². The monoisotopic (exact) mass is 312 g/mol. The molecule has 118 valence electrons. The Morgan fingerprint density at radius 2 is 1.78 bits per heavy atom. The van der Waals surface area contributed by atoms with Crippen LogP contribution >= 0.6 is 0 Å². The van der Waals surface area contributed by atoms with E-state index in [4.69, 9.17) is 4.74 Å². The van der Waals surface area contributed by atoms with Crippen LogP contribution in [-0.4, -0.2) is 16.9 Å². The highest BCUT2D eigenvalue weighted by atomic mass is 19.1. The molecule has 2 aromatic carbocycles. The van der Waals surface area contributed by atoms with Crippen LogP contribution in [0.5, 0.6) is 5.75 Å². The van der Waals surface area contributed by atoms with Crippen LogP contribution in [0.1, 0.15) is 19.9 Å². The summed E-state index contributed by atoms with van der Waals surface area (Å²) in [6.07, 6.45) is 1.60. The summed E-state index contributed by atoms with van der Waals surface area (Å²) >= 11 is 0. The fourth-order valence-electron chi connectivity index (χ4n) is 2.71. The Morgan fingerprint density at radius 1 is 1.09 bits per heavy atom. The van der Waals surface area contributed by atoms with E-state index in [-0.39, 0.29) is 23.2 Å². The van der Waals surface area contributed by atoms with E-state index in [0.29, 0.717) is 16.3 Å². The summed E-state index contributed by atoms with van der Waals surface area (Å²) in [4.78, 5) is 12.5. The summed E-state index contributed by atoms with van der Waals surface area (Å²) in [6, 6.07) is 10.1. The molecule has 3 rings (SSSR count). The Morgan fingerprint density at radius 3 is 2.48 bits per heavy atom. The van der Waals surface area contributed by atoms with Crippen LogP contribution in [0.4, 0.5) is 4.39 Å². The molecule has 0 radical (unpaired) electrons. The van der Waals surface area contributed by atoms with Gasteiger partial charge in [-0.3, -0.25) is 4.79 Å². The maximum absolute atomic E-state index is 14.0. The molecule has 0 N–H and O–H groups in total. The zero-order chi connectivity index (χ0) is 16.6. The third kappa shape index (κ3) is 2.48. The van der Waals surface area contributed by atoms with Crippen molar-refractivity contribution < 1.29 is 9.13 Å². The zero-order valence-electron chi connectivity index (χ0n) is 13.2. The molecule has 0 spiro atoms. The van der Waals surface area contributed by atoms with Gasteiger partial charge >= 0.3 is 5.56 Å². The lowest BCUT2D eigenvalue weighted by atomic mass is 9.99. The minimum Gasteiger partial charge on any atom is -0.491 e. The maximum Gasteiger partial charge on any atom is 0.309 e. The Labute approximate surface area is 133 Å². The van der Waals surface area contributed by atoms with Gasteiger partial charge in [0.1, 0.15) is 5.82 Å². The summed E-state index contributed by atoms with van der Waals surface area (Å²) in [5.41, 5.74) is 0.985. The average Bonchev–Trinajstić information content (AvgIpc) is 2.54. The van der Waals surface area contributed by atoms with Crippen LogP contribution in [-0.2, 0) is 0 Å². The first-order valence-corrected chi connectivity index (χ1v) is 7.38. The first kappa shape index (κ1) is 15.2. The molecule has 1 heterocycles. The first-order chi connectivity index (χ1) is 11.0. The zero-order valence-corrected chi connectivity index (χ0v) is 13.2. The molecule has 0 bridgehead atoms. The van der Waals surface area contributed by atoms with Crippen LogP contribution in [0.15, 0.2) is 47.4 Å². The number of nitrogens with zero attached hydrogens (tertiary/aromatic N) is 2. The molecule has 0 aliphatic carbocycles. The molecule has 5 heteroatoms. The van der Waals surface area contributed by atoms with Gasteiger partial charge in [0.25, 0.3) is 0 Å². The van der Waals surface area contributed by atoms with Crippen LogP contribution in [0.25, 0.3) is 21.9 Å². The lowest BCUT2D eigenvalue weighted by Crippen LogP contribution is -2.26. The second-order valence-electron chi connectivity index (χ2n) is 5.58. The minimum atomic E-state index is -0.299. The highest BCUT2D eigenvalue weighted by Crippen LogP contribution is 2.33. The molecule has 0 unspecified atom stereocenters. The van der Waals surface area contributed by atoms with Gasteiger partial charge in [0, 0.05) is 5.39 Å². The van der Waals surface area contributed by atoms with Gasteiger partial charge in [0.15, 0.2) is 5.75 Å². The van der Waals surface area contributed by atoms with Crippen molar-refractivity contribution in [3.05, 3.63) is 58.8 Å². The fourth-order valence-corrected chi connectivity index (χ4v) is 2.71. The maximum atomic E-state index is 14.0. The van der Waals surface area contributed by atoms with Crippen LogP contribution in [0, 0.1) is 5.82 Å². The van der Waals surface area contributed by atoms with Gasteiger partial charge in [-0.1, -0.05) is 30.3 Å². The average molecular weight is 312 g/mol. The normalized spacial score (nSPS) is 11.2. The Bertz CT molecular complexity index is 932. The molecule has 0 amide bonds. The Balaban J connectivity index is 2.34. The summed E-state index contributed by atoms with van der Waals surface area (Å²) < 4.78 is 20.7.